The van der Waals surface area contributed by atoms with Crippen LogP contribution in [-0.4, -0.2) is 17.3 Å². The van der Waals surface area contributed by atoms with Crippen LogP contribution in [0.1, 0.15) is 21.5 Å². The number of aromatic carboxylic acids is 1. The number of carboxylic acid groups (broad SMARTS) is 1. The first-order chi connectivity index (χ1) is 12.1. The van der Waals surface area contributed by atoms with E-state index in [4.69, 9.17) is 33.1 Å². The van der Waals surface area contributed by atoms with Gasteiger partial charge < -0.3 is 5.11 Å². The lowest BCUT2D eigenvalue weighted by Gasteiger charge is -2.28. The molecule has 3 rings (SSSR count). The number of hydroxylamine groups is 1. The molecule has 2 N–H and O–H groups in total. The summed E-state index contributed by atoms with van der Waals surface area (Å²) in [7, 11) is 0. The fourth-order valence-electron chi connectivity index (χ4n) is 2.57. The van der Waals surface area contributed by atoms with Crippen molar-refractivity contribution in [3.63, 3.8) is 0 Å². The van der Waals surface area contributed by atoms with E-state index in [2.05, 4.69) is 5.48 Å². The third-order valence-electron chi connectivity index (χ3n) is 3.80. The fourth-order valence-corrected chi connectivity index (χ4v) is 3.10. The van der Waals surface area contributed by atoms with Gasteiger partial charge in [0, 0.05) is 21.2 Å². The molecule has 136 valence electrons. The van der Waals surface area contributed by atoms with Gasteiger partial charge in [-0.25, -0.2) is 4.79 Å². The molecule has 0 bridgehead atoms. The Kier molecular flexibility index (Phi) is 4.64. The Labute approximate surface area is 155 Å². The molecule has 2 aromatic carbocycles. The van der Waals surface area contributed by atoms with E-state index in [1.54, 1.807) is 0 Å². The molecule has 2 aromatic rings. The van der Waals surface area contributed by atoms with Crippen LogP contribution in [0.4, 0.5) is 13.2 Å². The Morgan fingerprint density at radius 1 is 1.12 bits per heavy atom. The third-order valence-corrected chi connectivity index (χ3v) is 4.24. The number of benzene rings is 2. The molecule has 9 heteroatoms. The van der Waals surface area contributed by atoms with Gasteiger partial charge in [0.05, 0.1) is 11.3 Å². The molecule has 0 aliphatic carbocycles. The van der Waals surface area contributed by atoms with Crippen molar-refractivity contribution in [1.82, 2.24) is 5.48 Å². The van der Waals surface area contributed by atoms with E-state index >= 15 is 0 Å². The summed E-state index contributed by atoms with van der Waals surface area (Å²) in [5.74, 6) is -1.20. The van der Waals surface area contributed by atoms with E-state index in [0.717, 1.165) is 18.2 Å². The third kappa shape index (κ3) is 3.25. The maximum Gasteiger partial charge on any atom is 0.428 e. The molecule has 0 saturated carbocycles. The largest absolute Gasteiger partial charge is 0.478 e. The minimum atomic E-state index is -4.83. The predicted molar refractivity (Wildman–Crippen MR) is 89.8 cm³/mol. The summed E-state index contributed by atoms with van der Waals surface area (Å²) in [4.78, 5) is 16.0. The average molecular weight is 404 g/mol. The molecule has 1 aliphatic rings. The van der Waals surface area contributed by atoms with Crippen LogP contribution in [0, 0.1) is 0 Å². The van der Waals surface area contributed by atoms with Crippen molar-refractivity contribution in [3.8, 4) is 0 Å². The lowest BCUT2D eigenvalue weighted by atomic mass is 9.91. The minimum Gasteiger partial charge on any atom is -0.478 e. The van der Waals surface area contributed by atoms with Gasteiger partial charge in [0.25, 0.3) is 0 Å². The molecule has 1 heterocycles. The van der Waals surface area contributed by atoms with Crippen molar-refractivity contribution in [3.05, 3.63) is 75.3 Å². The van der Waals surface area contributed by atoms with Crippen molar-refractivity contribution in [1.29, 1.82) is 0 Å². The molecule has 0 amide bonds. The van der Waals surface area contributed by atoms with Crippen LogP contribution in [0.3, 0.4) is 0 Å². The van der Waals surface area contributed by atoms with Crippen LogP contribution < -0.4 is 5.48 Å². The van der Waals surface area contributed by atoms with Crippen LogP contribution in [0.15, 0.2) is 48.5 Å². The molecular weight excluding hydrogens is 394 g/mol. The molecule has 0 saturated heterocycles. The summed E-state index contributed by atoms with van der Waals surface area (Å²) in [6, 6.07) is 8.97. The summed E-state index contributed by atoms with van der Waals surface area (Å²) in [6.07, 6.45) is -4.00. The number of hydrogen-bond donors (Lipinski definition) is 2. The van der Waals surface area contributed by atoms with Crippen molar-refractivity contribution < 1.29 is 27.9 Å². The van der Waals surface area contributed by atoms with Crippen LogP contribution >= 0.6 is 23.2 Å². The number of rotatable bonds is 3. The van der Waals surface area contributed by atoms with Crippen LogP contribution in [0.25, 0.3) is 5.70 Å². The number of hydrogen-bond acceptors (Lipinski definition) is 3. The van der Waals surface area contributed by atoms with E-state index in [9.17, 15) is 18.0 Å². The lowest BCUT2D eigenvalue weighted by molar-refractivity contribution is -0.269. The van der Waals surface area contributed by atoms with Crippen LogP contribution in [-0.2, 0) is 10.4 Å². The molecule has 26 heavy (non-hydrogen) atoms. The van der Waals surface area contributed by atoms with Gasteiger partial charge in [-0.05, 0) is 36.4 Å². The van der Waals surface area contributed by atoms with E-state index < -0.39 is 17.7 Å². The van der Waals surface area contributed by atoms with Crippen molar-refractivity contribution >= 4 is 34.9 Å². The Bertz CT molecular complexity index is 894. The average Bonchev–Trinajstić information content (AvgIpc) is 3.00. The van der Waals surface area contributed by atoms with Gasteiger partial charge in [-0.1, -0.05) is 35.3 Å². The SMILES string of the molecule is O=C(O)c1cccc(C2=CC(c3cc(Cl)cc(Cl)c3)(C(F)(F)F)ON2)c1. The normalized spacial score (nSPS) is 19.8. The lowest BCUT2D eigenvalue weighted by Crippen LogP contribution is -2.42. The number of halogens is 5. The molecule has 1 unspecified atom stereocenters. The van der Waals surface area contributed by atoms with Crippen LogP contribution in [0.2, 0.25) is 10.0 Å². The number of alkyl halides is 3. The number of carbonyl (C=O) groups is 1. The van der Waals surface area contributed by atoms with Crippen molar-refractivity contribution in [2.24, 2.45) is 0 Å². The van der Waals surface area contributed by atoms with E-state index in [1.807, 2.05) is 0 Å². The van der Waals surface area contributed by atoms with Gasteiger partial charge in [-0.15, -0.1) is 0 Å². The molecule has 1 atom stereocenters. The van der Waals surface area contributed by atoms with Gasteiger partial charge in [-0.2, -0.15) is 13.2 Å². The first kappa shape index (κ1) is 18.6. The summed E-state index contributed by atoms with van der Waals surface area (Å²) in [5.41, 5.74) is -0.763. The van der Waals surface area contributed by atoms with E-state index in [1.165, 1.54) is 30.3 Å². The van der Waals surface area contributed by atoms with Crippen molar-refractivity contribution in [2.75, 3.05) is 0 Å². The topological polar surface area (TPSA) is 58.6 Å². The molecular formula is C17H10Cl2F3NO3. The minimum absolute atomic E-state index is 0.0226. The molecule has 0 radical (unpaired) electrons. The second-order valence-corrected chi connectivity index (χ2v) is 6.41. The standard InChI is InChI=1S/C17H10Cl2F3NO3/c18-12-5-11(6-13(19)7-12)16(17(20,21)22)8-14(23-26-16)9-2-1-3-10(4-9)15(24)25/h1-8,23H,(H,24,25). The Balaban J connectivity index is 2.14. The highest BCUT2D eigenvalue weighted by molar-refractivity contribution is 6.34. The van der Waals surface area contributed by atoms with E-state index in [-0.39, 0.29) is 32.4 Å². The molecule has 0 spiro atoms. The maximum atomic E-state index is 13.9. The summed E-state index contributed by atoms with van der Waals surface area (Å²) < 4.78 is 41.6. The maximum absolute atomic E-state index is 13.9. The second kappa shape index (κ2) is 6.50. The molecule has 4 nitrogen and oxygen atoms in total. The highest BCUT2D eigenvalue weighted by Gasteiger charge is 2.59. The Morgan fingerprint density at radius 2 is 1.77 bits per heavy atom. The van der Waals surface area contributed by atoms with Gasteiger partial charge in [0.1, 0.15) is 0 Å². The Morgan fingerprint density at radius 3 is 2.35 bits per heavy atom. The zero-order valence-electron chi connectivity index (χ0n) is 12.8. The smallest absolute Gasteiger partial charge is 0.428 e. The van der Waals surface area contributed by atoms with Gasteiger partial charge in [-0.3, -0.25) is 10.3 Å². The molecule has 1 aliphatic heterocycles. The Hall–Kier alpha value is -2.22. The van der Waals surface area contributed by atoms with Crippen molar-refractivity contribution in [2.45, 2.75) is 11.8 Å². The second-order valence-electron chi connectivity index (χ2n) is 5.54. The number of carboxylic acids is 1. The summed E-state index contributed by atoms with van der Waals surface area (Å²) in [5, 5.41) is 9.09. The highest BCUT2D eigenvalue weighted by atomic mass is 35.5. The molecule has 0 aromatic heterocycles. The zero-order valence-corrected chi connectivity index (χ0v) is 14.3. The first-order valence-corrected chi connectivity index (χ1v) is 7.92. The summed E-state index contributed by atoms with van der Waals surface area (Å²) >= 11 is 11.7. The number of nitrogens with one attached hydrogen (secondary N) is 1. The fraction of sp³-hybridized carbons (Fsp3) is 0.118. The quantitative estimate of drug-likeness (QED) is 0.754. The first-order valence-electron chi connectivity index (χ1n) is 7.16. The monoisotopic (exact) mass is 403 g/mol. The van der Waals surface area contributed by atoms with E-state index in [0.29, 0.717) is 0 Å². The van der Waals surface area contributed by atoms with Crippen LogP contribution in [0.5, 0.6) is 0 Å². The summed E-state index contributed by atoms with van der Waals surface area (Å²) in [6.45, 7) is 0. The predicted octanol–water partition coefficient (Wildman–Crippen LogP) is 5.03. The van der Waals surface area contributed by atoms with Gasteiger partial charge in [0.2, 0.25) is 5.60 Å². The van der Waals surface area contributed by atoms with Gasteiger partial charge >= 0.3 is 12.1 Å². The zero-order chi connectivity index (χ0) is 19.1. The highest BCUT2D eigenvalue weighted by Crippen LogP contribution is 2.48. The van der Waals surface area contributed by atoms with Gasteiger partial charge in [0.15, 0.2) is 0 Å². The molecule has 0 fully saturated rings.